The van der Waals surface area contributed by atoms with Crippen molar-refractivity contribution in [1.82, 2.24) is 15.0 Å². The van der Waals surface area contributed by atoms with Crippen molar-refractivity contribution in [1.29, 1.82) is 0 Å². The first-order valence-corrected chi connectivity index (χ1v) is 10.4. The SMILES string of the molecule is CCc1cc(CN2CC[C@@H](O)[C@]3(CCCN(C(=O)C4CC=CC4)C3)C2)on1. The van der Waals surface area contributed by atoms with Crippen LogP contribution in [0.15, 0.2) is 22.7 Å². The number of likely N-dealkylation sites (tertiary alicyclic amines) is 2. The molecule has 4 rings (SSSR count). The van der Waals surface area contributed by atoms with Crippen LogP contribution < -0.4 is 0 Å². The second-order valence-corrected chi connectivity index (χ2v) is 8.52. The third-order valence-electron chi connectivity index (χ3n) is 6.59. The van der Waals surface area contributed by atoms with E-state index < -0.39 is 0 Å². The summed E-state index contributed by atoms with van der Waals surface area (Å²) in [6.07, 6.45) is 9.19. The van der Waals surface area contributed by atoms with Gasteiger partial charge in [0.2, 0.25) is 5.91 Å². The minimum absolute atomic E-state index is 0.110. The number of hydrogen-bond donors (Lipinski definition) is 1. The monoisotopic (exact) mass is 373 g/mol. The van der Waals surface area contributed by atoms with Gasteiger partial charge in [0, 0.05) is 43.6 Å². The van der Waals surface area contributed by atoms with Gasteiger partial charge in [0.05, 0.1) is 18.3 Å². The first-order chi connectivity index (χ1) is 13.1. The van der Waals surface area contributed by atoms with Crippen LogP contribution in [0.4, 0.5) is 0 Å². The molecule has 2 saturated heterocycles. The number of rotatable bonds is 4. The van der Waals surface area contributed by atoms with Gasteiger partial charge in [-0.3, -0.25) is 9.69 Å². The number of aliphatic hydroxyl groups excluding tert-OH is 1. The maximum Gasteiger partial charge on any atom is 0.226 e. The van der Waals surface area contributed by atoms with Crippen LogP contribution in [0.25, 0.3) is 0 Å². The van der Waals surface area contributed by atoms with E-state index in [1.165, 1.54) is 0 Å². The van der Waals surface area contributed by atoms with E-state index in [4.69, 9.17) is 4.52 Å². The summed E-state index contributed by atoms with van der Waals surface area (Å²) in [7, 11) is 0. The van der Waals surface area contributed by atoms with Crippen molar-refractivity contribution in [3.05, 3.63) is 29.7 Å². The Bertz CT molecular complexity index is 693. The summed E-state index contributed by atoms with van der Waals surface area (Å²) in [4.78, 5) is 17.3. The maximum atomic E-state index is 12.9. The molecular weight excluding hydrogens is 342 g/mol. The Labute approximate surface area is 161 Å². The zero-order chi connectivity index (χ0) is 18.9. The second kappa shape index (κ2) is 7.76. The number of carbonyl (C=O) groups is 1. The fourth-order valence-electron chi connectivity index (χ4n) is 5.02. The Kier molecular flexibility index (Phi) is 5.37. The summed E-state index contributed by atoms with van der Waals surface area (Å²) in [6.45, 7) is 5.96. The minimum Gasteiger partial charge on any atom is -0.392 e. The smallest absolute Gasteiger partial charge is 0.226 e. The average Bonchev–Trinajstić information content (AvgIpc) is 3.36. The molecule has 2 fully saturated rings. The zero-order valence-corrected chi connectivity index (χ0v) is 16.3. The molecule has 2 aliphatic heterocycles. The lowest BCUT2D eigenvalue weighted by Gasteiger charge is -2.51. The summed E-state index contributed by atoms with van der Waals surface area (Å²) in [5.74, 6) is 1.27. The van der Waals surface area contributed by atoms with Gasteiger partial charge in [-0.25, -0.2) is 0 Å². The van der Waals surface area contributed by atoms with Gasteiger partial charge in [0.1, 0.15) is 0 Å². The van der Waals surface area contributed by atoms with E-state index in [1.807, 2.05) is 11.0 Å². The molecule has 0 bridgehead atoms. The van der Waals surface area contributed by atoms with E-state index in [0.29, 0.717) is 6.54 Å². The quantitative estimate of drug-likeness (QED) is 0.821. The van der Waals surface area contributed by atoms with Crippen LogP contribution in [0, 0.1) is 11.3 Å². The van der Waals surface area contributed by atoms with Gasteiger partial charge in [0.25, 0.3) is 0 Å². The highest BCUT2D eigenvalue weighted by atomic mass is 16.5. The second-order valence-electron chi connectivity index (χ2n) is 8.52. The van der Waals surface area contributed by atoms with Crippen LogP contribution in [0.3, 0.4) is 0 Å². The molecule has 2 atom stereocenters. The van der Waals surface area contributed by atoms with E-state index in [1.54, 1.807) is 0 Å². The lowest BCUT2D eigenvalue weighted by Crippen LogP contribution is -2.60. The number of aromatic nitrogens is 1. The molecule has 0 aromatic carbocycles. The number of piperidine rings is 2. The fourth-order valence-corrected chi connectivity index (χ4v) is 5.02. The third kappa shape index (κ3) is 3.83. The highest BCUT2D eigenvalue weighted by molar-refractivity contribution is 5.79. The van der Waals surface area contributed by atoms with Crippen molar-refractivity contribution in [2.24, 2.45) is 11.3 Å². The summed E-state index contributed by atoms with van der Waals surface area (Å²) >= 11 is 0. The largest absolute Gasteiger partial charge is 0.392 e. The van der Waals surface area contributed by atoms with Gasteiger partial charge in [-0.15, -0.1) is 0 Å². The molecule has 3 aliphatic rings. The van der Waals surface area contributed by atoms with Crippen LogP contribution in [0.2, 0.25) is 0 Å². The maximum absolute atomic E-state index is 12.9. The minimum atomic E-state index is -0.341. The first kappa shape index (κ1) is 18.7. The number of hydrogen-bond acceptors (Lipinski definition) is 5. The van der Waals surface area contributed by atoms with Crippen molar-refractivity contribution < 1.29 is 14.4 Å². The van der Waals surface area contributed by atoms with E-state index in [-0.39, 0.29) is 23.3 Å². The normalized spacial score (nSPS) is 29.7. The molecule has 1 aromatic rings. The molecule has 0 saturated carbocycles. The van der Waals surface area contributed by atoms with Crippen LogP contribution in [-0.4, -0.2) is 58.3 Å². The van der Waals surface area contributed by atoms with Crippen LogP contribution in [0.5, 0.6) is 0 Å². The Morgan fingerprint density at radius 2 is 2.15 bits per heavy atom. The molecule has 148 valence electrons. The fraction of sp³-hybridized carbons (Fsp3) is 0.714. The molecule has 6 heteroatoms. The molecule has 6 nitrogen and oxygen atoms in total. The third-order valence-corrected chi connectivity index (χ3v) is 6.59. The highest BCUT2D eigenvalue weighted by Gasteiger charge is 2.47. The Balaban J connectivity index is 1.43. The molecule has 0 radical (unpaired) electrons. The van der Waals surface area contributed by atoms with Gasteiger partial charge in [-0.05, 0) is 38.5 Å². The lowest BCUT2D eigenvalue weighted by molar-refractivity contribution is -0.145. The van der Waals surface area contributed by atoms with E-state index >= 15 is 0 Å². The Morgan fingerprint density at radius 1 is 1.33 bits per heavy atom. The van der Waals surface area contributed by atoms with Gasteiger partial charge >= 0.3 is 0 Å². The predicted molar refractivity (Wildman–Crippen MR) is 102 cm³/mol. The number of aliphatic hydroxyl groups is 1. The average molecular weight is 373 g/mol. The molecule has 1 aromatic heterocycles. The number of carbonyl (C=O) groups excluding carboxylic acids is 1. The van der Waals surface area contributed by atoms with Crippen molar-refractivity contribution in [3.63, 3.8) is 0 Å². The zero-order valence-electron chi connectivity index (χ0n) is 16.3. The van der Waals surface area contributed by atoms with Gasteiger partial charge in [-0.2, -0.15) is 0 Å². The van der Waals surface area contributed by atoms with Crippen LogP contribution in [-0.2, 0) is 17.8 Å². The highest BCUT2D eigenvalue weighted by Crippen LogP contribution is 2.40. The van der Waals surface area contributed by atoms with Crippen LogP contribution >= 0.6 is 0 Å². The molecule has 1 spiro atoms. The number of aryl methyl sites for hydroxylation is 1. The Morgan fingerprint density at radius 3 is 2.89 bits per heavy atom. The number of nitrogens with zero attached hydrogens (tertiary/aromatic N) is 3. The van der Waals surface area contributed by atoms with Gasteiger partial charge in [0.15, 0.2) is 5.76 Å². The van der Waals surface area contributed by atoms with Crippen LogP contribution in [0.1, 0.15) is 50.5 Å². The summed E-state index contributed by atoms with van der Waals surface area (Å²) in [5.41, 5.74) is 0.766. The van der Waals surface area contributed by atoms with E-state index in [2.05, 4.69) is 29.1 Å². The molecule has 3 heterocycles. The molecular formula is C21H31N3O3. The lowest BCUT2D eigenvalue weighted by atomic mass is 9.71. The molecule has 1 N–H and O–H groups in total. The van der Waals surface area contributed by atoms with Crippen molar-refractivity contribution >= 4 is 5.91 Å². The van der Waals surface area contributed by atoms with E-state index in [9.17, 15) is 9.90 Å². The van der Waals surface area contributed by atoms with Crippen molar-refractivity contribution in [3.8, 4) is 0 Å². The molecule has 1 aliphatic carbocycles. The summed E-state index contributed by atoms with van der Waals surface area (Å²) < 4.78 is 5.46. The first-order valence-electron chi connectivity index (χ1n) is 10.4. The predicted octanol–water partition coefficient (Wildman–Crippen LogP) is 2.38. The summed E-state index contributed by atoms with van der Waals surface area (Å²) in [6, 6.07) is 2.03. The van der Waals surface area contributed by atoms with Crippen molar-refractivity contribution in [2.75, 3.05) is 26.2 Å². The van der Waals surface area contributed by atoms with E-state index in [0.717, 1.165) is 76.2 Å². The Hall–Kier alpha value is -1.66. The van der Waals surface area contributed by atoms with Gasteiger partial charge < -0.3 is 14.5 Å². The van der Waals surface area contributed by atoms with Gasteiger partial charge in [-0.1, -0.05) is 24.2 Å². The molecule has 27 heavy (non-hydrogen) atoms. The standard InChI is InChI=1S/C21H31N3O3/c1-2-17-12-18(27-22-17)13-23-11-8-19(25)21(14-23)9-5-10-24(15-21)20(26)16-6-3-4-7-16/h3-4,12,16,19,25H,2,5-11,13-15H2,1H3/t19-,21-/m1/s1. The van der Waals surface area contributed by atoms with Crippen molar-refractivity contribution in [2.45, 2.75) is 58.1 Å². The molecule has 0 unspecified atom stereocenters. The number of allylic oxidation sites excluding steroid dienone is 2. The molecule has 1 amide bonds. The number of amides is 1. The summed E-state index contributed by atoms with van der Waals surface area (Å²) in [5, 5.41) is 15.0. The topological polar surface area (TPSA) is 69.8 Å².